The molecule has 5 nitrogen and oxygen atoms in total. The Hall–Kier alpha value is -2.21. The van der Waals surface area contributed by atoms with Crippen LogP contribution in [0.1, 0.15) is 33.5 Å². The van der Waals surface area contributed by atoms with E-state index < -0.39 is 5.97 Å². The molecule has 1 aromatic heterocycles. The summed E-state index contributed by atoms with van der Waals surface area (Å²) in [6.07, 6.45) is 0.670. The fourth-order valence-corrected chi connectivity index (χ4v) is 2.83. The second-order valence-electron chi connectivity index (χ2n) is 5.00. The van der Waals surface area contributed by atoms with Crippen molar-refractivity contribution >= 4 is 23.2 Å². The van der Waals surface area contributed by atoms with E-state index in [1.165, 1.54) is 21.8 Å². The van der Waals surface area contributed by atoms with Crippen molar-refractivity contribution in [2.24, 2.45) is 0 Å². The van der Waals surface area contributed by atoms with E-state index in [0.717, 1.165) is 10.6 Å². The number of likely N-dealkylation sites (N-methyl/N-ethyl adjacent to an activating group) is 1. The van der Waals surface area contributed by atoms with Gasteiger partial charge in [-0.3, -0.25) is 9.59 Å². The molecular weight excluding hydrogens is 300 g/mol. The van der Waals surface area contributed by atoms with Crippen LogP contribution in [-0.4, -0.2) is 40.0 Å². The summed E-state index contributed by atoms with van der Waals surface area (Å²) in [6, 6.07) is 8.17. The molecule has 2 rings (SSSR count). The molecule has 0 fully saturated rings. The van der Waals surface area contributed by atoms with Crippen molar-refractivity contribution in [1.29, 1.82) is 0 Å². The molecule has 0 bridgehead atoms. The highest BCUT2D eigenvalue weighted by atomic mass is 32.1. The molecule has 0 atom stereocenters. The summed E-state index contributed by atoms with van der Waals surface area (Å²) in [5.41, 5.74) is 2.65. The molecule has 22 heavy (non-hydrogen) atoms. The third kappa shape index (κ3) is 4.14. The molecule has 0 saturated heterocycles. The number of thiazole rings is 1. The molecule has 0 aliphatic carbocycles. The zero-order chi connectivity index (χ0) is 16.1. The molecule has 0 radical (unpaired) electrons. The fourth-order valence-electron chi connectivity index (χ4n) is 2.02. The monoisotopic (exact) mass is 318 g/mol. The molecule has 1 heterocycles. The first-order valence-corrected chi connectivity index (χ1v) is 7.88. The van der Waals surface area contributed by atoms with Crippen LogP contribution in [0.3, 0.4) is 0 Å². The van der Waals surface area contributed by atoms with Crippen LogP contribution in [0.2, 0.25) is 0 Å². The van der Waals surface area contributed by atoms with Gasteiger partial charge >= 0.3 is 5.97 Å². The van der Waals surface area contributed by atoms with Crippen molar-refractivity contribution in [1.82, 2.24) is 9.88 Å². The van der Waals surface area contributed by atoms with Gasteiger partial charge in [0.15, 0.2) is 0 Å². The largest absolute Gasteiger partial charge is 0.480 e. The van der Waals surface area contributed by atoms with Crippen LogP contribution in [0.5, 0.6) is 0 Å². The zero-order valence-electron chi connectivity index (χ0n) is 12.6. The number of nitrogens with zero attached hydrogens (tertiary/aromatic N) is 2. The molecule has 0 spiro atoms. The second kappa shape index (κ2) is 7.17. The summed E-state index contributed by atoms with van der Waals surface area (Å²) < 4.78 is 0. The maximum atomic E-state index is 12.2. The van der Waals surface area contributed by atoms with Gasteiger partial charge in [-0.15, -0.1) is 11.3 Å². The lowest BCUT2D eigenvalue weighted by Crippen LogP contribution is -2.35. The van der Waals surface area contributed by atoms with Crippen LogP contribution in [-0.2, 0) is 11.2 Å². The average Bonchev–Trinajstić information content (AvgIpc) is 2.95. The van der Waals surface area contributed by atoms with Gasteiger partial charge < -0.3 is 10.0 Å². The standard InChI is InChI=1S/C16H18N2O3S/c1-3-18(9-15(19)20)16(21)13-10-22-14(17-13)8-12-6-4-11(2)5-7-12/h4-7,10H,3,8-9H2,1-2H3,(H,19,20). The SMILES string of the molecule is CCN(CC(=O)O)C(=O)c1csc(Cc2ccc(C)cc2)n1. The summed E-state index contributed by atoms with van der Waals surface area (Å²) in [4.78, 5) is 28.6. The normalized spacial score (nSPS) is 10.5. The van der Waals surface area contributed by atoms with Crippen molar-refractivity contribution in [3.05, 3.63) is 51.5 Å². The first-order chi connectivity index (χ1) is 10.5. The minimum Gasteiger partial charge on any atom is -0.480 e. The molecule has 1 N–H and O–H groups in total. The Bertz CT molecular complexity index is 664. The van der Waals surface area contributed by atoms with Crippen molar-refractivity contribution in [3.8, 4) is 0 Å². The number of carboxylic acids is 1. The number of carbonyl (C=O) groups is 2. The van der Waals surface area contributed by atoms with E-state index in [-0.39, 0.29) is 12.5 Å². The highest BCUT2D eigenvalue weighted by molar-refractivity contribution is 7.09. The summed E-state index contributed by atoms with van der Waals surface area (Å²) >= 11 is 1.42. The van der Waals surface area contributed by atoms with Gasteiger partial charge in [0.05, 0.1) is 5.01 Å². The van der Waals surface area contributed by atoms with Crippen LogP contribution >= 0.6 is 11.3 Å². The molecular formula is C16H18N2O3S. The number of rotatable bonds is 6. The minimum absolute atomic E-state index is 0.305. The molecule has 6 heteroatoms. The number of carboxylic acid groups (broad SMARTS) is 1. The zero-order valence-corrected chi connectivity index (χ0v) is 13.4. The number of hydrogen-bond acceptors (Lipinski definition) is 4. The lowest BCUT2D eigenvalue weighted by molar-refractivity contribution is -0.137. The van der Waals surface area contributed by atoms with Crippen LogP contribution in [0.4, 0.5) is 0 Å². The lowest BCUT2D eigenvalue weighted by atomic mass is 10.1. The number of aryl methyl sites for hydroxylation is 1. The molecule has 0 aliphatic rings. The van der Waals surface area contributed by atoms with Crippen LogP contribution < -0.4 is 0 Å². The Morgan fingerprint density at radius 1 is 1.27 bits per heavy atom. The topological polar surface area (TPSA) is 70.5 Å². The Morgan fingerprint density at radius 2 is 1.95 bits per heavy atom. The van der Waals surface area contributed by atoms with Gasteiger partial charge in [-0.25, -0.2) is 4.98 Å². The summed E-state index contributed by atoms with van der Waals surface area (Å²) in [7, 11) is 0. The summed E-state index contributed by atoms with van der Waals surface area (Å²) in [5, 5.41) is 11.4. The third-order valence-electron chi connectivity index (χ3n) is 3.24. The summed E-state index contributed by atoms with van der Waals surface area (Å²) in [6.45, 7) is 3.82. The van der Waals surface area contributed by atoms with E-state index in [4.69, 9.17) is 5.11 Å². The Morgan fingerprint density at radius 3 is 2.55 bits per heavy atom. The molecule has 0 saturated carbocycles. The maximum Gasteiger partial charge on any atom is 0.323 e. The smallest absolute Gasteiger partial charge is 0.323 e. The van der Waals surface area contributed by atoms with Crippen LogP contribution in [0, 0.1) is 6.92 Å². The third-order valence-corrected chi connectivity index (χ3v) is 4.09. The van der Waals surface area contributed by atoms with E-state index in [2.05, 4.69) is 4.98 Å². The number of amides is 1. The minimum atomic E-state index is -1.02. The van der Waals surface area contributed by atoms with Crippen molar-refractivity contribution in [2.75, 3.05) is 13.1 Å². The number of aliphatic carboxylic acids is 1. The molecule has 2 aromatic rings. The van der Waals surface area contributed by atoms with Crippen molar-refractivity contribution < 1.29 is 14.7 Å². The number of benzene rings is 1. The highest BCUT2D eigenvalue weighted by Gasteiger charge is 2.19. The fraction of sp³-hybridized carbons (Fsp3) is 0.312. The van der Waals surface area contributed by atoms with Gasteiger partial charge in [0.25, 0.3) is 5.91 Å². The van der Waals surface area contributed by atoms with E-state index in [0.29, 0.717) is 18.7 Å². The average molecular weight is 318 g/mol. The van der Waals surface area contributed by atoms with E-state index >= 15 is 0 Å². The number of aromatic nitrogens is 1. The Kier molecular flexibility index (Phi) is 5.27. The first kappa shape index (κ1) is 16.2. The van der Waals surface area contributed by atoms with E-state index in [1.807, 2.05) is 31.2 Å². The van der Waals surface area contributed by atoms with Gasteiger partial charge in [-0.1, -0.05) is 29.8 Å². The Balaban J connectivity index is 2.08. The summed E-state index contributed by atoms with van der Waals surface area (Å²) in [5.74, 6) is -1.36. The first-order valence-electron chi connectivity index (χ1n) is 7.00. The quantitative estimate of drug-likeness (QED) is 0.888. The maximum absolute atomic E-state index is 12.2. The predicted molar refractivity (Wildman–Crippen MR) is 85.3 cm³/mol. The van der Waals surface area contributed by atoms with Gasteiger partial charge in [0.2, 0.25) is 0 Å². The Labute approximate surface area is 133 Å². The number of carbonyl (C=O) groups excluding carboxylic acids is 1. The molecule has 116 valence electrons. The van der Waals surface area contributed by atoms with Crippen LogP contribution in [0.15, 0.2) is 29.6 Å². The second-order valence-corrected chi connectivity index (χ2v) is 5.94. The van der Waals surface area contributed by atoms with Gasteiger partial charge in [-0.05, 0) is 19.4 Å². The van der Waals surface area contributed by atoms with E-state index in [9.17, 15) is 9.59 Å². The van der Waals surface area contributed by atoms with Gasteiger partial charge in [0, 0.05) is 18.3 Å². The molecule has 1 amide bonds. The molecule has 0 aliphatic heterocycles. The molecule has 1 aromatic carbocycles. The highest BCUT2D eigenvalue weighted by Crippen LogP contribution is 2.16. The lowest BCUT2D eigenvalue weighted by Gasteiger charge is -2.16. The predicted octanol–water partition coefficient (Wildman–Crippen LogP) is 2.59. The van der Waals surface area contributed by atoms with Crippen molar-refractivity contribution in [3.63, 3.8) is 0 Å². The number of hydrogen-bond donors (Lipinski definition) is 1. The van der Waals surface area contributed by atoms with Crippen molar-refractivity contribution in [2.45, 2.75) is 20.3 Å². The molecule has 0 unspecified atom stereocenters. The van der Waals surface area contributed by atoms with Crippen LogP contribution in [0.25, 0.3) is 0 Å². The van der Waals surface area contributed by atoms with Gasteiger partial charge in [0.1, 0.15) is 12.2 Å². The van der Waals surface area contributed by atoms with E-state index in [1.54, 1.807) is 12.3 Å². The van der Waals surface area contributed by atoms with Gasteiger partial charge in [-0.2, -0.15) is 0 Å².